The van der Waals surface area contributed by atoms with Gasteiger partial charge in [-0.3, -0.25) is 24.5 Å². The first kappa shape index (κ1) is 24.1. The van der Waals surface area contributed by atoms with Crippen LogP contribution < -0.4 is 9.64 Å². The lowest BCUT2D eigenvalue weighted by Crippen LogP contribution is -2.32. The van der Waals surface area contributed by atoms with E-state index in [9.17, 15) is 29.3 Å². The van der Waals surface area contributed by atoms with Crippen molar-refractivity contribution in [3.8, 4) is 5.75 Å². The highest BCUT2D eigenvalue weighted by molar-refractivity contribution is 6.24. The van der Waals surface area contributed by atoms with Gasteiger partial charge in [0.15, 0.2) is 12.4 Å². The molecule has 35 heavy (non-hydrogen) atoms. The minimum atomic E-state index is -0.888. The van der Waals surface area contributed by atoms with Crippen LogP contribution in [0.2, 0.25) is 0 Å². The van der Waals surface area contributed by atoms with E-state index in [2.05, 4.69) is 6.92 Å². The molecule has 1 aliphatic carbocycles. The zero-order chi connectivity index (χ0) is 25.3. The number of nitro groups is 1. The second-order valence-electron chi connectivity index (χ2n) is 8.80. The van der Waals surface area contributed by atoms with Gasteiger partial charge in [-0.25, -0.2) is 9.69 Å². The number of amides is 2. The number of ketones is 1. The zero-order valence-corrected chi connectivity index (χ0v) is 19.3. The first-order valence-corrected chi connectivity index (χ1v) is 11.2. The van der Waals surface area contributed by atoms with Gasteiger partial charge in [0.05, 0.1) is 35.1 Å². The number of hydrogen-bond acceptors (Lipinski definition) is 8. The van der Waals surface area contributed by atoms with Crippen molar-refractivity contribution in [3.05, 3.63) is 63.7 Å². The van der Waals surface area contributed by atoms with Crippen molar-refractivity contribution in [2.75, 3.05) is 18.6 Å². The predicted molar refractivity (Wildman–Crippen MR) is 123 cm³/mol. The van der Waals surface area contributed by atoms with Crippen LogP contribution in [0.3, 0.4) is 0 Å². The SMILES string of the molecule is COc1ccc(C(=O)COC(=O)c2ccccc2N2C(=O)[C@@H]3CC[C@@H](C)C[C@H]3C2=O)cc1[N+](=O)[O-]. The quantitative estimate of drug-likeness (QED) is 0.193. The molecule has 10 nitrogen and oxygen atoms in total. The van der Waals surface area contributed by atoms with E-state index < -0.39 is 40.8 Å². The molecule has 1 heterocycles. The minimum absolute atomic E-state index is 0.00706. The van der Waals surface area contributed by atoms with Gasteiger partial charge in [-0.2, -0.15) is 0 Å². The van der Waals surface area contributed by atoms with E-state index in [0.29, 0.717) is 18.8 Å². The number of Topliss-reactive ketones (excluding diaryl/α,β-unsaturated/α-hetero) is 1. The molecule has 1 aliphatic heterocycles. The highest BCUT2D eigenvalue weighted by Gasteiger charge is 2.50. The molecule has 3 atom stereocenters. The number of methoxy groups -OCH3 is 1. The van der Waals surface area contributed by atoms with Crippen LogP contribution in [-0.4, -0.2) is 42.2 Å². The number of esters is 1. The molecule has 0 radical (unpaired) electrons. The van der Waals surface area contributed by atoms with E-state index in [1.807, 2.05) is 0 Å². The molecule has 2 amide bonds. The molecule has 2 aromatic carbocycles. The molecule has 1 saturated heterocycles. The summed E-state index contributed by atoms with van der Waals surface area (Å²) in [7, 11) is 1.27. The van der Waals surface area contributed by atoms with Crippen LogP contribution >= 0.6 is 0 Å². The fraction of sp³-hybridized carbons (Fsp3) is 0.360. The Bertz CT molecular complexity index is 1220. The maximum absolute atomic E-state index is 13.1. The number of ether oxygens (including phenoxy) is 2. The molecule has 0 spiro atoms. The summed E-state index contributed by atoms with van der Waals surface area (Å²) in [5.74, 6) is -2.66. The van der Waals surface area contributed by atoms with Crippen LogP contribution in [0.15, 0.2) is 42.5 Å². The Morgan fingerprint density at radius 1 is 1.09 bits per heavy atom. The number of carbonyl (C=O) groups excluding carboxylic acids is 4. The van der Waals surface area contributed by atoms with E-state index in [-0.39, 0.29) is 34.4 Å². The lowest BCUT2D eigenvalue weighted by molar-refractivity contribution is -0.385. The molecule has 2 aliphatic rings. The first-order valence-electron chi connectivity index (χ1n) is 11.2. The van der Waals surface area contributed by atoms with Gasteiger partial charge in [0.25, 0.3) is 0 Å². The Morgan fingerprint density at radius 2 is 1.80 bits per heavy atom. The van der Waals surface area contributed by atoms with E-state index in [4.69, 9.17) is 9.47 Å². The molecule has 2 aromatic rings. The molecule has 4 rings (SSSR count). The number of carbonyl (C=O) groups is 4. The third-order valence-corrected chi connectivity index (χ3v) is 6.58. The van der Waals surface area contributed by atoms with Crippen molar-refractivity contribution in [1.29, 1.82) is 0 Å². The van der Waals surface area contributed by atoms with Crippen molar-refractivity contribution in [2.45, 2.75) is 26.2 Å². The average molecular weight is 480 g/mol. The van der Waals surface area contributed by atoms with Crippen molar-refractivity contribution in [2.24, 2.45) is 17.8 Å². The van der Waals surface area contributed by atoms with Crippen molar-refractivity contribution < 1.29 is 33.6 Å². The Hall–Kier alpha value is -4.08. The number of imide groups is 1. The second kappa shape index (κ2) is 9.65. The molecular formula is C25H24N2O8. The van der Waals surface area contributed by atoms with Gasteiger partial charge < -0.3 is 9.47 Å². The zero-order valence-electron chi connectivity index (χ0n) is 19.3. The summed E-state index contributed by atoms with van der Waals surface area (Å²) in [5.41, 5.74) is -0.310. The third-order valence-electron chi connectivity index (χ3n) is 6.58. The van der Waals surface area contributed by atoms with Gasteiger partial charge in [0, 0.05) is 11.6 Å². The number of nitro benzene ring substituents is 1. The minimum Gasteiger partial charge on any atom is -0.490 e. The summed E-state index contributed by atoms with van der Waals surface area (Å²) in [6.45, 7) is 1.37. The van der Waals surface area contributed by atoms with Crippen LogP contribution in [0.1, 0.15) is 46.9 Å². The van der Waals surface area contributed by atoms with E-state index in [1.165, 1.54) is 31.4 Å². The third kappa shape index (κ3) is 4.51. The van der Waals surface area contributed by atoms with E-state index >= 15 is 0 Å². The van der Waals surface area contributed by atoms with Crippen LogP contribution in [0.4, 0.5) is 11.4 Å². The Labute approximate surface area is 201 Å². The van der Waals surface area contributed by atoms with Crippen molar-refractivity contribution >= 4 is 34.9 Å². The topological polar surface area (TPSA) is 133 Å². The fourth-order valence-electron chi connectivity index (χ4n) is 4.77. The maximum atomic E-state index is 13.1. The molecule has 0 aromatic heterocycles. The molecule has 2 fully saturated rings. The summed E-state index contributed by atoms with van der Waals surface area (Å²) in [4.78, 5) is 63.1. The molecule has 0 N–H and O–H groups in total. The number of hydrogen-bond donors (Lipinski definition) is 0. The van der Waals surface area contributed by atoms with E-state index in [1.54, 1.807) is 12.1 Å². The summed E-state index contributed by atoms with van der Waals surface area (Å²) in [5, 5.41) is 11.2. The predicted octanol–water partition coefficient (Wildman–Crippen LogP) is 3.57. The number of para-hydroxylation sites is 1. The van der Waals surface area contributed by atoms with Gasteiger partial charge in [0.1, 0.15) is 0 Å². The summed E-state index contributed by atoms with van der Waals surface area (Å²) in [6.07, 6.45) is 2.12. The molecular weight excluding hydrogens is 456 g/mol. The second-order valence-corrected chi connectivity index (χ2v) is 8.80. The van der Waals surface area contributed by atoms with Gasteiger partial charge >= 0.3 is 11.7 Å². The Balaban J connectivity index is 1.52. The average Bonchev–Trinajstić information content (AvgIpc) is 3.10. The fourth-order valence-corrected chi connectivity index (χ4v) is 4.77. The van der Waals surface area contributed by atoms with Crippen LogP contribution in [0, 0.1) is 27.9 Å². The van der Waals surface area contributed by atoms with Crippen LogP contribution in [0.5, 0.6) is 5.75 Å². The van der Waals surface area contributed by atoms with Gasteiger partial charge in [-0.05, 0) is 49.4 Å². The number of benzene rings is 2. The molecule has 10 heteroatoms. The lowest BCUT2D eigenvalue weighted by Gasteiger charge is -2.25. The number of nitrogens with zero attached hydrogens (tertiary/aromatic N) is 2. The summed E-state index contributed by atoms with van der Waals surface area (Å²) in [6, 6.07) is 9.77. The molecule has 182 valence electrons. The largest absolute Gasteiger partial charge is 0.490 e. The van der Waals surface area contributed by atoms with Gasteiger partial charge in [-0.1, -0.05) is 19.1 Å². The number of rotatable bonds is 7. The standard InChI is InChI=1S/C25H24N2O8/c1-14-7-9-16-18(11-14)24(30)26(23(16)29)19-6-4-3-5-17(19)25(31)35-13-21(28)15-8-10-22(34-2)20(12-15)27(32)33/h3-6,8,10,12,14,16,18H,7,9,11,13H2,1-2H3/t14-,16-,18-/m1/s1. The summed E-state index contributed by atoms with van der Waals surface area (Å²) >= 11 is 0. The smallest absolute Gasteiger partial charge is 0.340 e. The van der Waals surface area contributed by atoms with Gasteiger partial charge in [0.2, 0.25) is 17.6 Å². The van der Waals surface area contributed by atoms with Crippen LogP contribution in [0.25, 0.3) is 0 Å². The highest BCUT2D eigenvalue weighted by atomic mass is 16.6. The normalized spacial score (nSPS) is 21.4. The highest BCUT2D eigenvalue weighted by Crippen LogP contribution is 2.42. The Morgan fingerprint density at radius 3 is 2.51 bits per heavy atom. The van der Waals surface area contributed by atoms with Gasteiger partial charge in [-0.15, -0.1) is 0 Å². The number of fused-ring (bicyclic) bond motifs is 1. The maximum Gasteiger partial charge on any atom is 0.340 e. The molecule has 1 saturated carbocycles. The lowest BCUT2D eigenvalue weighted by atomic mass is 9.76. The van der Waals surface area contributed by atoms with E-state index in [0.717, 1.165) is 17.4 Å². The Kier molecular flexibility index (Phi) is 6.63. The van der Waals surface area contributed by atoms with Crippen LogP contribution in [-0.2, 0) is 14.3 Å². The van der Waals surface area contributed by atoms with Crippen molar-refractivity contribution in [1.82, 2.24) is 0 Å². The first-order chi connectivity index (χ1) is 16.7. The summed E-state index contributed by atoms with van der Waals surface area (Å²) < 4.78 is 10.1. The molecule has 0 unspecified atom stereocenters. The van der Waals surface area contributed by atoms with Crippen molar-refractivity contribution in [3.63, 3.8) is 0 Å². The number of anilines is 1. The molecule has 0 bridgehead atoms. The monoisotopic (exact) mass is 480 g/mol.